The van der Waals surface area contributed by atoms with Crippen molar-refractivity contribution in [2.24, 2.45) is 0 Å². The lowest BCUT2D eigenvalue weighted by Crippen LogP contribution is -2.31. The summed E-state index contributed by atoms with van der Waals surface area (Å²) in [4.78, 5) is 12.2. The maximum atomic E-state index is 12.2. The second kappa shape index (κ2) is 9.65. The Balaban J connectivity index is 3.05. The van der Waals surface area contributed by atoms with E-state index >= 15 is 0 Å². The van der Waals surface area contributed by atoms with E-state index < -0.39 is 29.4 Å². The first-order valence-electron chi connectivity index (χ1n) is 7.08. The van der Waals surface area contributed by atoms with E-state index in [0.717, 1.165) is 12.8 Å². The number of carbonyl (C=O) groups is 1. The average Bonchev–Trinajstić information content (AvgIpc) is 2.45. The summed E-state index contributed by atoms with van der Waals surface area (Å²) in [5.41, 5.74) is 0.697. The van der Waals surface area contributed by atoms with E-state index in [-0.39, 0.29) is 6.61 Å². The van der Waals surface area contributed by atoms with Crippen LogP contribution in [-0.4, -0.2) is 27.4 Å². The maximum Gasteiger partial charge on any atom is 0.316 e. The Morgan fingerprint density at radius 2 is 1.95 bits per heavy atom. The van der Waals surface area contributed by atoms with Crippen LogP contribution in [0, 0.1) is 0 Å². The van der Waals surface area contributed by atoms with Crippen LogP contribution in [0.15, 0.2) is 30.3 Å². The second-order valence-electron chi connectivity index (χ2n) is 4.62. The summed E-state index contributed by atoms with van der Waals surface area (Å²) in [6, 6.07) is 8.98. The van der Waals surface area contributed by atoms with Crippen molar-refractivity contribution >= 4 is 17.3 Å². The minimum absolute atomic E-state index is 0.239. The Kier molecular flexibility index (Phi) is 8.19. The molecule has 1 rings (SSSR count). The normalized spacial score (nSPS) is 15.2. The van der Waals surface area contributed by atoms with Gasteiger partial charge in [-0.25, -0.2) is 4.21 Å². The molecular weight excluding hydrogens is 292 g/mol. The van der Waals surface area contributed by atoms with Gasteiger partial charge >= 0.3 is 5.97 Å². The summed E-state index contributed by atoms with van der Waals surface area (Å²) in [6.45, 7) is 3.95. The summed E-state index contributed by atoms with van der Waals surface area (Å²) < 4.78 is 31.9. The van der Waals surface area contributed by atoms with Gasteiger partial charge in [-0.1, -0.05) is 50.1 Å². The maximum absolute atomic E-state index is 12.2. The van der Waals surface area contributed by atoms with Gasteiger partial charge in [0, 0.05) is 0 Å². The molecule has 1 aromatic carbocycles. The molecule has 118 valence electrons. The smallest absolute Gasteiger partial charge is 0.316 e. The first-order valence-corrected chi connectivity index (χ1v) is 8.08. The number of hydrogen-bond donors (Lipinski definition) is 0. The number of hydrogen-bond acceptors (Lipinski definition) is 5. The summed E-state index contributed by atoms with van der Waals surface area (Å²) >= 11 is -2.67. The fraction of sp³-hybridized carbons (Fsp3) is 0.533. The summed E-state index contributed by atoms with van der Waals surface area (Å²) in [5.74, 6) is -1.20. The number of ether oxygens (including phenoxy) is 1. The molecule has 0 amide bonds. The van der Waals surface area contributed by atoms with Crippen LogP contribution in [0.3, 0.4) is 0 Å². The van der Waals surface area contributed by atoms with E-state index in [1.807, 2.05) is 13.0 Å². The van der Waals surface area contributed by atoms with E-state index in [0.29, 0.717) is 12.0 Å². The van der Waals surface area contributed by atoms with E-state index in [2.05, 4.69) is 0 Å². The van der Waals surface area contributed by atoms with Crippen LogP contribution < -0.4 is 0 Å². The van der Waals surface area contributed by atoms with Crippen LogP contribution >= 0.6 is 0 Å². The third-order valence-corrected chi connectivity index (χ3v) is 3.52. The van der Waals surface area contributed by atoms with Gasteiger partial charge in [0.2, 0.25) is 0 Å². The molecule has 0 aromatic heterocycles. The highest BCUT2D eigenvalue weighted by Crippen LogP contribution is 2.27. The van der Waals surface area contributed by atoms with Gasteiger partial charge in [0.25, 0.3) is 0 Å². The summed E-state index contributed by atoms with van der Waals surface area (Å²) in [6.07, 6.45) is 1.38. The third-order valence-electron chi connectivity index (χ3n) is 3.12. The molecule has 3 atom stereocenters. The van der Waals surface area contributed by atoms with Gasteiger partial charge in [-0.15, -0.1) is 0 Å². The van der Waals surface area contributed by atoms with Crippen molar-refractivity contribution in [3.8, 4) is 0 Å². The van der Waals surface area contributed by atoms with Gasteiger partial charge in [-0.2, -0.15) is 0 Å². The predicted molar refractivity (Wildman–Crippen MR) is 79.1 cm³/mol. The lowest BCUT2D eigenvalue weighted by molar-refractivity contribution is -0.147. The van der Waals surface area contributed by atoms with Crippen molar-refractivity contribution in [2.75, 3.05) is 6.61 Å². The van der Waals surface area contributed by atoms with Crippen LogP contribution in [0.5, 0.6) is 0 Å². The van der Waals surface area contributed by atoms with E-state index in [4.69, 9.17) is 8.92 Å². The van der Waals surface area contributed by atoms with Crippen molar-refractivity contribution < 1.29 is 22.5 Å². The Morgan fingerprint density at radius 1 is 1.29 bits per heavy atom. The minimum Gasteiger partial charge on any atom is -0.750 e. The molecule has 0 bridgehead atoms. The lowest BCUT2D eigenvalue weighted by atomic mass is 9.90. The van der Waals surface area contributed by atoms with E-state index in [9.17, 15) is 13.6 Å². The number of carbonyl (C=O) groups excluding carboxylic acids is 1. The fourth-order valence-corrected chi connectivity index (χ4v) is 2.58. The summed E-state index contributed by atoms with van der Waals surface area (Å²) in [5, 5.41) is 0. The molecular formula is C15H21O5S-. The molecule has 1 aromatic rings. The van der Waals surface area contributed by atoms with Gasteiger partial charge in [0.05, 0.1) is 24.1 Å². The monoisotopic (exact) mass is 313 g/mol. The molecule has 21 heavy (non-hydrogen) atoms. The standard InChI is InChI=1S/C15H22O5S/c1-3-5-11-13(20-21(17)18)14(15(16)19-4-2)12-9-7-6-8-10-12/h6-10,13-14H,3-5,11H2,1-2H3,(H,17,18)/p-1. The van der Waals surface area contributed by atoms with E-state index in [1.54, 1.807) is 31.2 Å². The molecule has 0 aliphatic carbocycles. The largest absolute Gasteiger partial charge is 0.750 e. The molecule has 5 nitrogen and oxygen atoms in total. The van der Waals surface area contributed by atoms with Crippen LogP contribution in [-0.2, 0) is 25.1 Å². The van der Waals surface area contributed by atoms with Crippen molar-refractivity contribution in [3.63, 3.8) is 0 Å². The zero-order chi connectivity index (χ0) is 15.7. The van der Waals surface area contributed by atoms with Gasteiger partial charge in [-0.05, 0) is 18.9 Å². The van der Waals surface area contributed by atoms with Gasteiger partial charge in [-0.3, -0.25) is 8.98 Å². The lowest BCUT2D eigenvalue weighted by Gasteiger charge is -2.26. The van der Waals surface area contributed by atoms with Crippen molar-refractivity contribution in [3.05, 3.63) is 35.9 Å². The predicted octanol–water partition coefficient (Wildman–Crippen LogP) is 2.70. The Morgan fingerprint density at radius 3 is 2.48 bits per heavy atom. The van der Waals surface area contributed by atoms with Crippen molar-refractivity contribution in [1.82, 2.24) is 0 Å². The zero-order valence-electron chi connectivity index (χ0n) is 12.3. The van der Waals surface area contributed by atoms with Crippen LogP contribution in [0.1, 0.15) is 44.6 Å². The molecule has 0 N–H and O–H groups in total. The number of benzene rings is 1. The van der Waals surface area contributed by atoms with Crippen LogP contribution in [0.4, 0.5) is 0 Å². The highest BCUT2D eigenvalue weighted by molar-refractivity contribution is 7.74. The molecule has 0 fully saturated rings. The van der Waals surface area contributed by atoms with Crippen LogP contribution in [0.2, 0.25) is 0 Å². The molecule has 0 spiro atoms. The Bertz CT molecular complexity index is 449. The number of rotatable bonds is 9. The minimum atomic E-state index is -2.67. The first kappa shape index (κ1) is 17.8. The number of esters is 1. The van der Waals surface area contributed by atoms with Gasteiger partial charge in [0.1, 0.15) is 5.92 Å². The molecule has 0 heterocycles. The van der Waals surface area contributed by atoms with Crippen LogP contribution in [0.25, 0.3) is 0 Å². The topological polar surface area (TPSA) is 75.7 Å². The highest BCUT2D eigenvalue weighted by atomic mass is 32.2. The third kappa shape index (κ3) is 5.95. The molecule has 0 radical (unpaired) electrons. The fourth-order valence-electron chi connectivity index (χ4n) is 2.17. The first-order chi connectivity index (χ1) is 10.1. The summed E-state index contributed by atoms with van der Waals surface area (Å²) in [7, 11) is 0. The Hall–Kier alpha value is -1.24. The SMILES string of the molecule is CCCCC(OS(=O)[O-])C(C(=O)OCC)c1ccccc1. The number of unbranched alkanes of at least 4 members (excludes halogenated alkanes) is 1. The second-order valence-corrected chi connectivity index (χ2v) is 5.22. The molecule has 0 aliphatic heterocycles. The quantitative estimate of drug-likeness (QED) is 0.517. The van der Waals surface area contributed by atoms with Crippen molar-refractivity contribution in [1.29, 1.82) is 0 Å². The van der Waals surface area contributed by atoms with E-state index in [1.165, 1.54) is 0 Å². The molecule has 3 unspecified atom stereocenters. The molecule has 0 aliphatic rings. The average molecular weight is 313 g/mol. The van der Waals surface area contributed by atoms with Gasteiger partial charge in [0.15, 0.2) is 0 Å². The molecule has 0 saturated carbocycles. The van der Waals surface area contributed by atoms with Gasteiger partial charge < -0.3 is 9.29 Å². The molecule has 6 heteroatoms. The Labute approximate surface area is 128 Å². The zero-order valence-corrected chi connectivity index (χ0v) is 13.1. The highest BCUT2D eigenvalue weighted by Gasteiger charge is 2.32. The van der Waals surface area contributed by atoms with Crippen molar-refractivity contribution in [2.45, 2.75) is 45.1 Å². The molecule has 0 saturated heterocycles.